The smallest absolute Gasteiger partial charge is 0.0205 e. The van der Waals surface area contributed by atoms with Crippen molar-refractivity contribution in [2.75, 3.05) is 6.54 Å². The van der Waals surface area contributed by atoms with E-state index >= 15 is 0 Å². The van der Waals surface area contributed by atoms with Gasteiger partial charge in [-0.1, -0.05) is 89.0 Å². The molecule has 0 amide bonds. The summed E-state index contributed by atoms with van der Waals surface area (Å²) >= 11 is 0. The van der Waals surface area contributed by atoms with Gasteiger partial charge in [-0.05, 0) is 24.1 Å². The van der Waals surface area contributed by atoms with Crippen LogP contribution in [0, 0.1) is 0 Å². The van der Waals surface area contributed by atoms with E-state index in [4.69, 9.17) is 5.73 Å². The Hall–Kier alpha value is -0.860. The highest BCUT2D eigenvalue weighted by atomic mass is 14.8. The van der Waals surface area contributed by atoms with E-state index in [-0.39, 0.29) is 0 Å². The molecule has 1 aromatic carbocycles. The molecule has 0 aliphatic carbocycles. The van der Waals surface area contributed by atoms with Crippen molar-refractivity contribution in [2.45, 2.75) is 84.2 Å². The molecule has 1 aromatic rings. The van der Waals surface area contributed by atoms with Crippen molar-refractivity contribution >= 4 is 0 Å². The van der Waals surface area contributed by atoms with Crippen LogP contribution in [0.3, 0.4) is 0 Å². The minimum absolute atomic E-state index is 0.631. The topological polar surface area (TPSA) is 38.0 Å². The monoisotopic (exact) mass is 304 g/mol. The van der Waals surface area contributed by atoms with Crippen molar-refractivity contribution in [2.24, 2.45) is 5.73 Å². The number of benzene rings is 1. The molecule has 0 saturated carbocycles. The molecule has 126 valence electrons. The third-order valence-corrected chi connectivity index (χ3v) is 4.26. The lowest BCUT2D eigenvalue weighted by molar-refractivity contribution is 0.543. The van der Waals surface area contributed by atoms with Crippen LogP contribution in [0.2, 0.25) is 0 Å². The van der Waals surface area contributed by atoms with Gasteiger partial charge in [0.05, 0.1) is 0 Å². The molecule has 0 bridgehead atoms. The third-order valence-electron chi connectivity index (χ3n) is 4.26. The molecular formula is C20H36N2. The first-order valence-corrected chi connectivity index (χ1v) is 9.35. The second kappa shape index (κ2) is 13.8. The Bertz CT molecular complexity index is 362. The first-order chi connectivity index (χ1) is 10.9. The Labute approximate surface area is 137 Å². The maximum absolute atomic E-state index is 5.67. The Morgan fingerprint density at radius 1 is 0.818 bits per heavy atom. The molecule has 3 N–H and O–H groups in total. The first kappa shape index (κ1) is 19.2. The Kier molecular flexibility index (Phi) is 12.0. The van der Waals surface area contributed by atoms with Crippen LogP contribution >= 0.6 is 0 Å². The molecule has 2 nitrogen and oxygen atoms in total. The van der Waals surface area contributed by atoms with E-state index in [0.29, 0.717) is 6.54 Å². The minimum atomic E-state index is 0.631. The maximum atomic E-state index is 5.67. The van der Waals surface area contributed by atoms with Gasteiger partial charge in [0.2, 0.25) is 0 Å². The normalized spacial score (nSPS) is 11.0. The fourth-order valence-electron chi connectivity index (χ4n) is 2.84. The van der Waals surface area contributed by atoms with Gasteiger partial charge in [-0.3, -0.25) is 0 Å². The van der Waals surface area contributed by atoms with Gasteiger partial charge in [-0.25, -0.2) is 0 Å². The molecule has 0 spiro atoms. The van der Waals surface area contributed by atoms with Crippen LogP contribution in [0.4, 0.5) is 0 Å². The molecule has 22 heavy (non-hydrogen) atoms. The van der Waals surface area contributed by atoms with Gasteiger partial charge in [0, 0.05) is 13.1 Å². The molecule has 0 aliphatic rings. The lowest BCUT2D eigenvalue weighted by Crippen LogP contribution is -2.14. The average Bonchev–Trinajstić information content (AvgIpc) is 2.56. The average molecular weight is 305 g/mol. The van der Waals surface area contributed by atoms with Crippen molar-refractivity contribution in [1.29, 1.82) is 0 Å². The second-order valence-corrected chi connectivity index (χ2v) is 6.38. The van der Waals surface area contributed by atoms with Crippen LogP contribution in [0.15, 0.2) is 24.3 Å². The van der Waals surface area contributed by atoms with E-state index in [1.165, 1.54) is 75.3 Å². The van der Waals surface area contributed by atoms with Crippen molar-refractivity contribution < 1.29 is 0 Å². The standard InChI is InChI=1S/C20H36N2/c1-2-3-4-5-6-7-8-9-10-11-15-22-18-20-14-12-13-19(16-20)17-21/h12-14,16,22H,2-11,15,17-18,21H2,1H3. The maximum Gasteiger partial charge on any atom is 0.0205 e. The van der Waals surface area contributed by atoms with Gasteiger partial charge in [0.25, 0.3) is 0 Å². The Morgan fingerprint density at radius 2 is 1.41 bits per heavy atom. The third kappa shape index (κ3) is 9.97. The number of rotatable bonds is 14. The molecule has 0 saturated heterocycles. The summed E-state index contributed by atoms with van der Waals surface area (Å²) in [5.41, 5.74) is 8.23. The quantitative estimate of drug-likeness (QED) is 0.466. The van der Waals surface area contributed by atoms with Crippen LogP contribution in [0.1, 0.15) is 82.3 Å². The van der Waals surface area contributed by atoms with Crippen molar-refractivity contribution in [3.63, 3.8) is 0 Å². The molecule has 0 fully saturated rings. The summed E-state index contributed by atoms with van der Waals surface area (Å²) in [5.74, 6) is 0. The van der Waals surface area contributed by atoms with Gasteiger partial charge < -0.3 is 11.1 Å². The van der Waals surface area contributed by atoms with Crippen LogP contribution in [-0.4, -0.2) is 6.54 Å². The fourth-order valence-corrected chi connectivity index (χ4v) is 2.84. The highest BCUT2D eigenvalue weighted by Gasteiger charge is 1.95. The first-order valence-electron chi connectivity index (χ1n) is 9.35. The van der Waals surface area contributed by atoms with Crippen molar-refractivity contribution in [3.05, 3.63) is 35.4 Å². The molecule has 0 atom stereocenters. The van der Waals surface area contributed by atoms with E-state index in [0.717, 1.165) is 13.1 Å². The van der Waals surface area contributed by atoms with E-state index in [1.807, 2.05) is 0 Å². The molecule has 1 rings (SSSR count). The Morgan fingerprint density at radius 3 is 2.05 bits per heavy atom. The highest BCUT2D eigenvalue weighted by molar-refractivity contribution is 5.23. The Balaban J connectivity index is 1.87. The SMILES string of the molecule is CCCCCCCCCCCCNCc1cccc(CN)c1. The minimum Gasteiger partial charge on any atom is -0.326 e. The molecule has 2 heteroatoms. The van der Waals surface area contributed by atoms with E-state index < -0.39 is 0 Å². The fraction of sp³-hybridized carbons (Fsp3) is 0.700. The van der Waals surface area contributed by atoms with Crippen LogP contribution in [0.25, 0.3) is 0 Å². The predicted octanol–water partition coefficient (Wildman–Crippen LogP) is 5.16. The highest BCUT2D eigenvalue weighted by Crippen LogP contribution is 2.10. The largest absolute Gasteiger partial charge is 0.326 e. The number of unbranched alkanes of at least 4 members (excludes halogenated alkanes) is 9. The summed E-state index contributed by atoms with van der Waals surface area (Å²) < 4.78 is 0. The van der Waals surface area contributed by atoms with E-state index in [1.54, 1.807) is 0 Å². The van der Waals surface area contributed by atoms with Crippen LogP contribution in [0.5, 0.6) is 0 Å². The zero-order valence-corrected chi connectivity index (χ0v) is 14.6. The predicted molar refractivity (Wildman–Crippen MR) is 97.9 cm³/mol. The number of hydrogen-bond acceptors (Lipinski definition) is 2. The van der Waals surface area contributed by atoms with Crippen molar-refractivity contribution in [3.8, 4) is 0 Å². The number of nitrogens with two attached hydrogens (primary N) is 1. The summed E-state index contributed by atoms with van der Waals surface area (Å²) in [4.78, 5) is 0. The van der Waals surface area contributed by atoms with Gasteiger partial charge in [-0.15, -0.1) is 0 Å². The summed E-state index contributed by atoms with van der Waals surface area (Å²) in [7, 11) is 0. The van der Waals surface area contributed by atoms with Crippen LogP contribution in [-0.2, 0) is 13.1 Å². The van der Waals surface area contributed by atoms with Gasteiger partial charge in [0.15, 0.2) is 0 Å². The molecule has 0 aliphatic heterocycles. The summed E-state index contributed by atoms with van der Waals surface area (Å²) in [5, 5.41) is 3.54. The molecule has 0 heterocycles. The van der Waals surface area contributed by atoms with Gasteiger partial charge >= 0.3 is 0 Å². The van der Waals surface area contributed by atoms with E-state index in [2.05, 4.69) is 36.5 Å². The zero-order valence-electron chi connectivity index (χ0n) is 14.6. The lowest BCUT2D eigenvalue weighted by atomic mass is 10.1. The van der Waals surface area contributed by atoms with Crippen molar-refractivity contribution in [1.82, 2.24) is 5.32 Å². The molecule has 0 aromatic heterocycles. The number of nitrogens with one attached hydrogen (secondary N) is 1. The van der Waals surface area contributed by atoms with E-state index in [9.17, 15) is 0 Å². The molecule has 0 radical (unpaired) electrons. The summed E-state index contributed by atoms with van der Waals surface area (Å²) in [6, 6.07) is 8.56. The number of hydrogen-bond donors (Lipinski definition) is 2. The van der Waals surface area contributed by atoms with Gasteiger partial charge in [0.1, 0.15) is 0 Å². The summed E-state index contributed by atoms with van der Waals surface area (Å²) in [6.07, 6.45) is 14.0. The van der Waals surface area contributed by atoms with Crippen LogP contribution < -0.4 is 11.1 Å². The lowest BCUT2D eigenvalue weighted by Gasteiger charge is -2.06. The zero-order chi connectivity index (χ0) is 15.9. The molecule has 0 unspecified atom stereocenters. The summed E-state index contributed by atoms with van der Waals surface area (Å²) in [6.45, 7) is 5.00. The second-order valence-electron chi connectivity index (χ2n) is 6.38. The molecular weight excluding hydrogens is 268 g/mol. The van der Waals surface area contributed by atoms with Gasteiger partial charge in [-0.2, -0.15) is 0 Å².